The molecule has 0 N–H and O–H groups in total. The van der Waals surface area contributed by atoms with Crippen LogP contribution in [-0.2, 0) is 0 Å². The number of benzene rings is 3. The van der Waals surface area contributed by atoms with Gasteiger partial charge in [0.25, 0.3) is 0 Å². The van der Waals surface area contributed by atoms with E-state index < -0.39 is 0 Å². The van der Waals surface area contributed by atoms with Crippen LogP contribution in [0.15, 0.2) is 86.6 Å². The minimum absolute atomic E-state index is 0.148. The van der Waals surface area contributed by atoms with Crippen LogP contribution in [0.3, 0.4) is 0 Å². The van der Waals surface area contributed by atoms with Crippen molar-refractivity contribution in [1.82, 2.24) is 0 Å². The Labute approximate surface area is 177 Å². The van der Waals surface area contributed by atoms with Crippen molar-refractivity contribution in [3.8, 4) is 16.9 Å². The maximum absolute atomic E-state index is 13.2. The molecule has 0 bridgehead atoms. The number of ether oxygens (including phenoxy) is 1. The maximum Gasteiger partial charge on any atom is 0.228 e. The van der Waals surface area contributed by atoms with Gasteiger partial charge in [-0.3, -0.25) is 9.59 Å². The Morgan fingerprint density at radius 1 is 0.903 bits per heavy atom. The van der Waals surface area contributed by atoms with Crippen molar-refractivity contribution in [2.75, 3.05) is 7.11 Å². The van der Waals surface area contributed by atoms with Crippen LogP contribution in [0.4, 0.5) is 0 Å². The minimum atomic E-state index is -0.198. The molecule has 5 rings (SSSR count). The van der Waals surface area contributed by atoms with Gasteiger partial charge in [-0.2, -0.15) is 0 Å². The molecule has 0 aliphatic heterocycles. The van der Waals surface area contributed by atoms with Gasteiger partial charge in [-0.1, -0.05) is 42.5 Å². The van der Waals surface area contributed by atoms with Crippen LogP contribution >= 0.6 is 0 Å². The van der Waals surface area contributed by atoms with Gasteiger partial charge >= 0.3 is 0 Å². The summed E-state index contributed by atoms with van der Waals surface area (Å²) in [6, 6.07) is 19.6. The first-order valence-electron chi connectivity index (χ1n) is 9.79. The molecule has 2 heterocycles. The Morgan fingerprint density at radius 3 is 2.35 bits per heavy atom. The van der Waals surface area contributed by atoms with Crippen molar-refractivity contribution in [1.29, 1.82) is 0 Å². The summed E-state index contributed by atoms with van der Waals surface area (Å²) in [6.45, 7) is 1.82. The molecule has 0 amide bonds. The number of furan rings is 1. The fourth-order valence-electron chi connectivity index (χ4n) is 3.75. The Balaban J connectivity index is 1.66. The third-order valence-corrected chi connectivity index (χ3v) is 5.47. The number of hydrogen-bond acceptors (Lipinski definition) is 5. The van der Waals surface area contributed by atoms with Crippen LogP contribution in [0.25, 0.3) is 33.1 Å². The predicted molar refractivity (Wildman–Crippen MR) is 119 cm³/mol. The molecular weight excluding hydrogens is 392 g/mol. The van der Waals surface area contributed by atoms with E-state index in [-0.39, 0.29) is 17.0 Å². The number of carbonyl (C=O) groups excluding carboxylic acids is 1. The predicted octanol–water partition coefficient (Wildman–Crippen LogP) is 5.75. The van der Waals surface area contributed by atoms with E-state index in [0.717, 1.165) is 5.56 Å². The van der Waals surface area contributed by atoms with Gasteiger partial charge in [0.1, 0.15) is 23.2 Å². The lowest BCUT2D eigenvalue weighted by Gasteiger charge is -2.04. The van der Waals surface area contributed by atoms with Crippen molar-refractivity contribution >= 4 is 27.7 Å². The maximum atomic E-state index is 13.2. The number of aryl methyl sites for hydroxylation is 1. The van der Waals surface area contributed by atoms with Gasteiger partial charge in [0.15, 0.2) is 5.76 Å². The van der Waals surface area contributed by atoms with E-state index >= 15 is 0 Å². The van der Waals surface area contributed by atoms with E-state index in [0.29, 0.717) is 44.4 Å². The van der Waals surface area contributed by atoms with Crippen molar-refractivity contribution in [2.24, 2.45) is 0 Å². The largest absolute Gasteiger partial charge is 0.497 e. The Hall–Kier alpha value is -4.12. The number of rotatable bonds is 4. The van der Waals surface area contributed by atoms with Gasteiger partial charge < -0.3 is 13.6 Å². The van der Waals surface area contributed by atoms with E-state index in [4.69, 9.17) is 13.6 Å². The molecule has 0 unspecified atom stereocenters. The average molecular weight is 410 g/mol. The zero-order valence-electron chi connectivity index (χ0n) is 17.0. The Bertz CT molecular complexity index is 1490. The number of fused-ring (bicyclic) bond motifs is 2. The summed E-state index contributed by atoms with van der Waals surface area (Å²) in [6.07, 6.45) is 1.45. The lowest BCUT2D eigenvalue weighted by molar-refractivity contribution is 0.101. The first kappa shape index (κ1) is 18.9. The molecule has 5 aromatic rings. The van der Waals surface area contributed by atoms with E-state index in [2.05, 4.69) is 0 Å². The summed E-state index contributed by atoms with van der Waals surface area (Å²) < 4.78 is 16.8. The fraction of sp³-hybridized carbons (Fsp3) is 0.0769. The van der Waals surface area contributed by atoms with Crippen LogP contribution in [0.2, 0.25) is 0 Å². The smallest absolute Gasteiger partial charge is 0.228 e. The highest BCUT2D eigenvalue weighted by Crippen LogP contribution is 2.31. The number of hydrogen-bond donors (Lipinski definition) is 0. The topological polar surface area (TPSA) is 69.7 Å². The van der Waals surface area contributed by atoms with Crippen LogP contribution in [0.1, 0.15) is 21.7 Å². The monoisotopic (exact) mass is 410 g/mol. The van der Waals surface area contributed by atoms with Gasteiger partial charge in [0, 0.05) is 22.6 Å². The number of methoxy groups -OCH3 is 1. The molecule has 2 aromatic heterocycles. The molecule has 3 aromatic carbocycles. The standard InChI is InChI=1S/C26H18O5/c1-15-19-12-20-22(13-23(19)31-26(15)24(27)17-6-4-3-5-7-17)30-14-21(25(20)28)16-8-10-18(29-2)11-9-16/h3-14H,1-2H3. The van der Waals surface area contributed by atoms with Gasteiger partial charge in [0.05, 0.1) is 18.1 Å². The SMILES string of the molecule is COc1ccc(-c2coc3cc4oc(C(=O)c5ccccc5)c(C)c4cc3c2=O)cc1. The van der Waals surface area contributed by atoms with Gasteiger partial charge in [-0.25, -0.2) is 0 Å². The lowest BCUT2D eigenvalue weighted by atomic mass is 10.0. The normalized spacial score (nSPS) is 11.2. The number of carbonyl (C=O) groups is 1. The lowest BCUT2D eigenvalue weighted by Crippen LogP contribution is -2.04. The summed E-state index contributed by atoms with van der Waals surface area (Å²) in [7, 11) is 1.59. The molecule has 152 valence electrons. The highest BCUT2D eigenvalue weighted by atomic mass is 16.5. The second kappa shape index (κ2) is 7.29. The zero-order valence-corrected chi connectivity index (χ0v) is 17.0. The molecular formula is C26H18O5. The molecule has 5 heteroatoms. The molecule has 0 spiro atoms. The third kappa shape index (κ3) is 3.11. The summed E-state index contributed by atoms with van der Waals surface area (Å²) in [5.74, 6) is 0.774. The van der Waals surface area contributed by atoms with Crippen LogP contribution < -0.4 is 10.2 Å². The molecule has 0 aliphatic rings. The Kier molecular flexibility index (Phi) is 4.44. The molecule has 5 nitrogen and oxygen atoms in total. The van der Waals surface area contributed by atoms with Crippen LogP contribution in [0, 0.1) is 6.92 Å². The summed E-state index contributed by atoms with van der Waals surface area (Å²) >= 11 is 0. The number of ketones is 1. The van der Waals surface area contributed by atoms with E-state index in [9.17, 15) is 9.59 Å². The molecule has 31 heavy (non-hydrogen) atoms. The van der Waals surface area contributed by atoms with Crippen molar-refractivity contribution in [3.05, 3.63) is 100 Å². The molecule has 0 radical (unpaired) electrons. The molecule has 0 atom stereocenters. The molecule has 0 fully saturated rings. The Morgan fingerprint density at radius 2 is 1.65 bits per heavy atom. The van der Waals surface area contributed by atoms with Crippen LogP contribution in [0.5, 0.6) is 5.75 Å². The minimum Gasteiger partial charge on any atom is -0.497 e. The third-order valence-electron chi connectivity index (χ3n) is 5.47. The molecule has 0 saturated heterocycles. The van der Waals surface area contributed by atoms with Crippen molar-refractivity contribution in [3.63, 3.8) is 0 Å². The van der Waals surface area contributed by atoms with Crippen molar-refractivity contribution in [2.45, 2.75) is 6.92 Å². The van der Waals surface area contributed by atoms with Crippen molar-refractivity contribution < 1.29 is 18.4 Å². The summed E-state index contributed by atoms with van der Waals surface area (Å²) in [5, 5.41) is 1.15. The molecule has 0 aliphatic carbocycles. The first-order valence-corrected chi connectivity index (χ1v) is 9.79. The van der Waals surface area contributed by atoms with Gasteiger partial charge in [-0.05, 0) is 30.7 Å². The summed E-state index contributed by atoms with van der Waals surface area (Å²) in [4.78, 5) is 26.1. The van der Waals surface area contributed by atoms with Gasteiger partial charge in [0.2, 0.25) is 11.2 Å². The van der Waals surface area contributed by atoms with Crippen LogP contribution in [-0.4, -0.2) is 12.9 Å². The van der Waals surface area contributed by atoms with E-state index in [1.54, 1.807) is 43.5 Å². The zero-order chi connectivity index (χ0) is 21.5. The fourth-order valence-corrected chi connectivity index (χ4v) is 3.75. The first-order chi connectivity index (χ1) is 15.1. The van der Waals surface area contributed by atoms with Gasteiger partial charge in [-0.15, -0.1) is 0 Å². The second-order valence-electron chi connectivity index (χ2n) is 7.30. The van der Waals surface area contributed by atoms with E-state index in [1.165, 1.54) is 6.26 Å². The van der Waals surface area contributed by atoms with E-state index in [1.807, 2.05) is 37.3 Å². The highest BCUT2D eigenvalue weighted by molar-refractivity contribution is 6.11. The second-order valence-corrected chi connectivity index (χ2v) is 7.30. The summed E-state index contributed by atoms with van der Waals surface area (Å²) in [5.41, 5.74) is 3.19. The highest BCUT2D eigenvalue weighted by Gasteiger charge is 2.21. The average Bonchev–Trinajstić information content (AvgIpc) is 3.14. The molecule has 0 saturated carbocycles. The quantitative estimate of drug-likeness (QED) is 0.353.